The minimum Gasteiger partial charge on any atom is -0.494 e. The zero-order valence-corrected chi connectivity index (χ0v) is 19.7. The fraction of sp³-hybridized carbons (Fsp3) is 0.192. The van der Waals surface area contributed by atoms with Crippen molar-refractivity contribution >= 4 is 29.7 Å². The average Bonchev–Trinajstić information content (AvgIpc) is 2.85. The number of nitrogens with zero attached hydrogens (tertiary/aromatic N) is 1. The van der Waals surface area contributed by atoms with E-state index >= 15 is 0 Å². The van der Waals surface area contributed by atoms with Gasteiger partial charge in [-0.05, 0) is 66.6 Å². The van der Waals surface area contributed by atoms with Gasteiger partial charge in [0.15, 0.2) is 11.5 Å². The zero-order valence-electron chi connectivity index (χ0n) is 18.9. The molecule has 0 aliphatic rings. The molecule has 34 heavy (non-hydrogen) atoms. The molecule has 0 unspecified atom stereocenters. The second-order valence-electron chi connectivity index (χ2n) is 7.21. The number of unbranched alkanes of at least 4 members (excludes halogenated alkanes) is 1. The molecule has 0 heterocycles. The molecule has 0 radical (unpaired) electrons. The van der Waals surface area contributed by atoms with Crippen LogP contribution < -0.4 is 19.6 Å². The van der Waals surface area contributed by atoms with Gasteiger partial charge >= 0.3 is 5.97 Å². The molecule has 0 saturated carbocycles. The Kier molecular flexibility index (Phi) is 9.05. The highest BCUT2D eigenvalue weighted by Gasteiger charge is 2.15. The summed E-state index contributed by atoms with van der Waals surface area (Å²) in [6.07, 6.45) is 3.50. The van der Waals surface area contributed by atoms with E-state index in [1.807, 2.05) is 0 Å². The molecule has 0 bridgehead atoms. The molecule has 0 saturated heterocycles. The summed E-state index contributed by atoms with van der Waals surface area (Å²) in [6.45, 7) is 2.74. The maximum atomic E-state index is 12.4. The van der Waals surface area contributed by atoms with Crippen LogP contribution >= 0.6 is 11.6 Å². The lowest BCUT2D eigenvalue weighted by Gasteiger charge is -2.10. The summed E-state index contributed by atoms with van der Waals surface area (Å²) in [6, 6.07) is 18.4. The molecule has 3 aromatic carbocycles. The van der Waals surface area contributed by atoms with Crippen LogP contribution in [0, 0.1) is 0 Å². The van der Waals surface area contributed by atoms with Crippen LogP contribution in [0.5, 0.6) is 17.2 Å². The first-order chi connectivity index (χ1) is 16.5. The van der Waals surface area contributed by atoms with Crippen molar-refractivity contribution in [2.75, 3.05) is 13.7 Å². The van der Waals surface area contributed by atoms with E-state index in [2.05, 4.69) is 17.5 Å². The van der Waals surface area contributed by atoms with Crippen molar-refractivity contribution in [1.82, 2.24) is 5.43 Å². The van der Waals surface area contributed by atoms with Crippen LogP contribution in [0.3, 0.4) is 0 Å². The number of nitrogens with one attached hydrogen (secondary N) is 1. The standard InChI is InChI=1S/C26H25ClN2O5/c1-3-4-15-33-20-12-10-19(11-13-20)25(30)29-28-17-18-9-14-23(24(16-18)32-2)34-26(31)21-7-5-6-8-22(21)27/h5-14,16-17H,3-4,15H2,1-2H3,(H,29,30). The van der Waals surface area contributed by atoms with E-state index in [1.165, 1.54) is 13.3 Å². The van der Waals surface area contributed by atoms with E-state index in [-0.39, 0.29) is 17.2 Å². The third-order valence-corrected chi connectivity index (χ3v) is 5.08. The monoisotopic (exact) mass is 480 g/mol. The average molecular weight is 481 g/mol. The third-order valence-electron chi connectivity index (χ3n) is 4.75. The predicted molar refractivity (Wildman–Crippen MR) is 131 cm³/mol. The van der Waals surface area contributed by atoms with Gasteiger partial charge in [0, 0.05) is 5.56 Å². The Morgan fingerprint density at radius 1 is 1.03 bits per heavy atom. The molecule has 0 aliphatic carbocycles. The van der Waals surface area contributed by atoms with Crippen LogP contribution in [0.2, 0.25) is 5.02 Å². The lowest BCUT2D eigenvalue weighted by Crippen LogP contribution is -2.17. The number of rotatable bonds is 10. The predicted octanol–water partition coefficient (Wildman–Crippen LogP) is 5.51. The first kappa shape index (κ1) is 24.8. The summed E-state index contributed by atoms with van der Waals surface area (Å²) in [4.78, 5) is 24.7. The van der Waals surface area contributed by atoms with Crippen LogP contribution in [0.25, 0.3) is 0 Å². The van der Waals surface area contributed by atoms with E-state index < -0.39 is 5.97 Å². The molecule has 3 rings (SSSR count). The van der Waals surface area contributed by atoms with E-state index in [9.17, 15) is 9.59 Å². The first-order valence-electron chi connectivity index (χ1n) is 10.7. The number of halogens is 1. The van der Waals surface area contributed by atoms with E-state index in [4.69, 9.17) is 25.8 Å². The molecule has 8 heteroatoms. The summed E-state index contributed by atoms with van der Waals surface area (Å²) < 4.78 is 16.3. The quantitative estimate of drug-likeness (QED) is 0.136. The van der Waals surface area contributed by atoms with Gasteiger partial charge in [0.1, 0.15) is 5.75 Å². The summed E-state index contributed by atoms with van der Waals surface area (Å²) in [5.41, 5.74) is 3.82. The topological polar surface area (TPSA) is 86.2 Å². The number of methoxy groups -OCH3 is 1. The lowest BCUT2D eigenvalue weighted by molar-refractivity contribution is 0.0729. The van der Waals surface area contributed by atoms with E-state index in [1.54, 1.807) is 66.7 Å². The van der Waals surface area contributed by atoms with Gasteiger partial charge in [0.25, 0.3) is 5.91 Å². The number of amides is 1. The van der Waals surface area contributed by atoms with Crippen molar-refractivity contribution in [3.05, 3.63) is 88.4 Å². The molecule has 1 N–H and O–H groups in total. The van der Waals surface area contributed by atoms with Crippen molar-refractivity contribution in [2.24, 2.45) is 5.10 Å². The smallest absolute Gasteiger partial charge is 0.345 e. The highest BCUT2D eigenvalue weighted by molar-refractivity contribution is 6.33. The first-order valence-corrected chi connectivity index (χ1v) is 11.1. The molecule has 7 nitrogen and oxygen atoms in total. The summed E-state index contributed by atoms with van der Waals surface area (Å²) in [5, 5.41) is 4.29. The Morgan fingerprint density at radius 2 is 1.79 bits per heavy atom. The SMILES string of the molecule is CCCCOc1ccc(C(=O)NN=Cc2ccc(OC(=O)c3ccccc3Cl)c(OC)c2)cc1. The van der Waals surface area contributed by atoms with Crippen molar-refractivity contribution in [3.8, 4) is 17.2 Å². The largest absolute Gasteiger partial charge is 0.494 e. The van der Waals surface area contributed by atoms with Gasteiger partial charge < -0.3 is 14.2 Å². The Labute approximate surface area is 203 Å². The maximum Gasteiger partial charge on any atom is 0.345 e. The highest BCUT2D eigenvalue weighted by atomic mass is 35.5. The minimum atomic E-state index is -0.598. The fourth-order valence-electron chi connectivity index (χ4n) is 2.90. The normalized spacial score (nSPS) is 10.7. The van der Waals surface area contributed by atoms with Crippen LogP contribution in [0.1, 0.15) is 46.0 Å². The number of hydrazone groups is 1. The van der Waals surface area contributed by atoms with Crippen LogP contribution in [-0.2, 0) is 0 Å². The van der Waals surface area contributed by atoms with Gasteiger partial charge in [0.05, 0.1) is 30.5 Å². The number of ether oxygens (including phenoxy) is 3. The van der Waals surface area contributed by atoms with Gasteiger partial charge in [-0.3, -0.25) is 4.79 Å². The lowest BCUT2D eigenvalue weighted by atomic mass is 10.2. The van der Waals surface area contributed by atoms with Gasteiger partial charge in [-0.15, -0.1) is 0 Å². The number of hydrogen-bond donors (Lipinski definition) is 1. The molecule has 0 aliphatic heterocycles. The molecule has 176 valence electrons. The summed E-state index contributed by atoms with van der Waals surface area (Å²) >= 11 is 6.05. The fourth-order valence-corrected chi connectivity index (χ4v) is 3.11. The molecule has 0 atom stereocenters. The Hall–Kier alpha value is -3.84. The third kappa shape index (κ3) is 6.83. The second kappa shape index (κ2) is 12.4. The molecule has 0 spiro atoms. The van der Waals surface area contributed by atoms with Crippen LogP contribution in [-0.4, -0.2) is 31.8 Å². The second-order valence-corrected chi connectivity index (χ2v) is 7.61. The van der Waals surface area contributed by atoms with Crippen molar-refractivity contribution in [2.45, 2.75) is 19.8 Å². The van der Waals surface area contributed by atoms with Crippen LogP contribution in [0.4, 0.5) is 0 Å². The molecule has 0 fully saturated rings. The molecular formula is C26H25ClN2O5. The maximum absolute atomic E-state index is 12.4. The molecule has 0 aromatic heterocycles. The Balaban J connectivity index is 1.60. The van der Waals surface area contributed by atoms with Gasteiger partial charge in [-0.25, -0.2) is 10.2 Å². The Bertz CT molecular complexity index is 1160. The summed E-state index contributed by atoms with van der Waals surface area (Å²) in [7, 11) is 1.46. The Morgan fingerprint density at radius 3 is 2.50 bits per heavy atom. The van der Waals surface area contributed by atoms with Gasteiger partial charge in [0.2, 0.25) is 0 Å². The number of carbonyl (C=O) groups excluding carboxylic acids is 2. The van der Waals surface area contributed by atoms with Gasteiger partial charge in [-0.1, -0.05) is 37.1 Å². The number of hydrogen-bond acceptors (Lipinski definition) is 6. The van der Waals surface area contributed by atoms with Gasteiger partial charge in [-0.2, -0.15) is 5.10 Å². The number of esters is 1. The highest BCUT2D eigenvalue weighted by Crippen LogP contribution is 2.29. The zero-order chi connectivity index (χ0) is 24.3. The molecule has 3 aromatic rings. The molecule has 1 amide bonds. The van der Waals surface area contributed by atoms with E-state index in [0.29, 0.717) is 28.5 Å². The summed E-state index contributed by atoms with van der Waals surface area (Å²) in [5.74, 6) is 0.327. The van der Waals surface area contributed by atoms with Crippen molar-refractivity contribution in [1.29, 1.82) is 0 Å². The number of benzene rings is 3. The minimum absolute atomic E-state index is 0.231. The van der Waals surface area contributed by atoms with Crippen LogP contribution in [0.15, 0.2) is 71.8 Å². The number of carbonyl (C=O) groups is 2. The van der Waals surface area contributed by atoms with Crippen molar-refractivity contribution in [3.63, 3.8) is 0 Å². The molecular weight excluding hydrogens is 456 g/mol. The van der Waals surface area contributed by atoms with Crippen molar-refractivity contribution < 1.29 is 23.8 Å². The van der Waals surface area contributed by atoms with E-state index in [0.717, 1.165) is 18.6 Å².